The lowest BCUT2D eigenvalue weighted by molar-refractivity contribution is -0.131. The summed E-state index contributed by atoms with van der Waals surface area (Å²) < 4.78 is 0. The zero-order chi connectivity index (χ0) is 9.82. The van der Waals surface area contributed by atoms with Crippen molar-refractivity contribution in [2.45, 2.75) is 6.92 Å². The maximum absolute atomic E-state index is 9.75. The molecule has 4 nitrogen and oxygen atoms in total. The number of allylic oxidation sites excluding steroid dienone is 3. The van der Waals surface area contributed by atoms with Gasteiger partial charge in [0.05, 0.1) is 0 Å². The number of carbonyl (C=O) groups excluding carboxylic acids is 2. The molecule has 0 amide bonds. The van der Waals surface area contributed by atoms with Crippen LogP contribution in [0.1, 0.15) is 6.92 Å². The Labute approximate surface area is 70.2 Å². The number of aldehydes is 2. The number of rotatable bonds is 3. The first-order valence-electron chi connectivity index (χ1n) is 3.10. The Morgan fingerprint density at radius 1 is 1.17 bits per heavy atom. The first-order chi connectivity index (χ1) is 5.68. The molecule has 0 aliphatic heterocycles. The van der Waals surface area contributed by atoms with Crippen LogP contribution in [0.2, 0.25) is 0 Å². The second-order valence-corrected chi connectivity index (χ2v) is 1.50. The molecule has 0 aromatic heterocycles. The van der Waals surface area contributed by atoms with Crippen molar-refractivity contribution in [2.75, 3.05) is 0 Å². The van der Waals surface area contributed by atoms with Gasteiger partial charge in [-0.3, -0.25) is 9.59 Å². The molecule has 0 atom stereocenters. The standard InChI is InChI=1S/C6H8O2.C2H2O2/c1-2-3-4-5-6(7)8;3-1-2-4/h2-5H,1H3,(H,7,8);1-2H. The van der Waals surface area contributed by atoms with E-state index in [9.17, 15) is 4.79 Å². The number of hydrogen-bond donors (Lipinski definition) is 1. The van der Waals surface area contributed by atoms with Gasteiger partial charge in [-0.2, -0.15) is 0 Å². The molecule has 0 radical (unpaired) electrons. The third kappa shape index (κ3) is 23.9. The van der Waals surface area contributed by atoms with Crippen LogP contribution in [0.25, 0.3) is 0 Å². The topological polar surface area (TPSA) is 71.4 Å². The quantitative estimate of drug-likeness (QED) is 0.291. The van der Waals surface area contributed by atoms with E-state index in [2.05, 4.69) is 0 Å². The molecule has 0 aliphatic rings. The zero-order valence-electron chi connectivity index (χ0n) is 6.64. The summed E-state index contributed by atoms with van der Waals surface area (Å²) in [7, 11) is 0. The largest absolute Gasteiger partial charge is 0.478 e. The molecule has 0 spiro atoms. The fraction of sp³-hybridized carbons (Fsp3) is 0.125. The molecule has 0 saturated heterocycles. The van der Waals surface area contributed by atoms with E-state index in [4.69, 9.17) is 14.7 Å². The highest BCUT2D eigenvalue weighted by Crippen LogP contribution is 1.74. The fourth-order valence-electron chi connectivity index (χ4n) is 0.249. The molecular weight excluding hydrogens is 160 g/mol. The van der Waals surface area contributed by atoms with Crippen molar-refractivity contribution >= 4 is 18.5 Å². The first-order valence-corrected chi connectivity index (χ1v) is 3.10. The highest BCUT2D eigenvalue weighted by molar-refractivity contribution is 6.09. The Balaban J connectivity index is 0. The van der Waals surface area contributed by atoms with E-state index in [0.717, 1.165) is 6.08 Å². The van der Waals surface area contributed by atoms with Crippen molar-refractivity contribution in [1.82, 2.24) is 0 Å². The molecule has 0 rings (SSSR count). The van der Waals surface area contributed by atoms with E-state index in [0.29, 0.717) is 0 Å². The average molecular weight is 170 g/mol. The highest BCUT2D eigenvalue weighted by atomic mass is 16.4. The second kappa shape index (κ2) is 12.0. The van der Waals surface area contributed by atoms with E-state index in [-0.39, 0.29) is 12.6 Å². The normalized spacial score (nSPS) is 9.08. The maximum Gasteiger partial charge on any atom is 0.328 e. The van der Waals surface area contributed by atoms with Crippen LogP contribution in [0.15, 0.2) is 24.3 Å². The van der Waals surface area contributed by atoms with Gasteiger partial charge in [0.1, 0.15) is 0 Å². The molecule has 66 valence electrons. The fourth-order valence-corrected chi connectivity index (χ4v) is 0.249. The SMILES string of the molecule is CC=CC=CC(=O)O.O=CC=O. The monoisotopic (exact) mass is 170 g/mol. The molecule has 0 bridgehead atoms. The van der Waals surface area contributed by atoms with Gasteiger partial charge in [0.2, 0.25) is 0 Å². The minimum absolute atomic E-state index is 0.194. The Hall–Kier alpha value is -1.71. The lowest BCUT2D eigenvalue weighted by atomic mass is 10.4. The second-order valence-electron chi connectivity index (χ2n) is 1.50. The van der Waals surface area contributed by atoms with Crippen molar-refractivity contribution in [3.05, 3.63) is 24.3 Å². The van der Waals surface area contributed by atoms with Gasteiger partial charge in [0.15, 0.2) is 12.6 Å². The van der Waals surface area contributed by atoms with E-state index in [1.165, 1.54) is 6.08 Å². The zero-order valence-corrected chi connectivity index (χ0v) is 6.64. The van der Waals surface area contributed by atoms with Gasteiger partial charge < -0.3 is 5.11 Å². The number of aliphatic carboxylic acids is 1. The van der Waals surface area contributed by atoms with Crippen LogP contribution in [0.5, 0.6) is 0 Å². The maximum atomic E-state index is 9.75. The minimum atomic E-state index is -0.914. The van der Waals surface area contributed by atoms with Crippen LogP contribution in [0, 0.1) is 0 Å². The van der Waals surface area contributed by atoms with Gasteiger partial charge in [0.25, 0.3) is 0 Å². The lowest BCUT2D eigenvalue weighted by Crippen LogP contribution is -1.83. The summed E-state index contributed by atoms with van der Waals surface area (Å²) >= 11 is 0. The van der Waals surface area contributed by atoms with Gasteiger partial charge in [-0.05, 0) is 6.92 Å². The van der Waals surface area contributed by atoms with E-state index < -0.39 is 5.97 Å². The van der Waals surface area contributed by atoms with Crippen LogP contribution in [0.4, 0.5) is 0 Å². The minimum Gasteiger partial charge on any atom is -0.478 e. The van der Waals surface area contributed by atoms with Crippen LogP contribution in [0.3, 0.4) is 0 Å². The molecule has 0 aromatic carbocycles. The molecule has 4 heteroatoms. The van der Waals surface area contributed by atoms with Crippen LogP contribution in [-0.4, -0.2) is 23.6 Å². The smallest absolute Gasteiger partial charge is 0.328 e. The van der Waals surface area contributed by atoms with Crippen LogP contribution >= 0.6 is 0 Å². The van der Waals surface area contributed by atoms with Gasteiger partial charge in [0, 0.05) is 6.08 Å². The summed E-state index contributed by atoms with van der Waals surface area (Å²) in [5.74, 6) is -0.914. The summed E-state index contributed by atoms with van der Waals surface area (Å²) in [6.07, 6.45) is 6.37. The molecule has 12 heavy (non-hydrogen) atoms. The molecule has 0 heterocycles. The average Bonchev–Trinajstić information content (AvgIpc) is 2.05. The predicted octanol–water partition coefficient (Wildman–Crippen LogP) is 0.588. The van der Waals surface area contributed by atoms with Crippen LogP contribution in [-0.2, 0) is 14.4 Å². The Kier molecular flexibility index (Phi) is 12.9. The molecule has 1 N–H and O–H groups in total. The van der Waals surface area contributed by atoms with Gasteiger partial charge in [-0.1, -0.05) is 18.2 Å². The van der Waals surface area contributed by atoms with Crippen molar-refractivity contribution in [1.29, 1.82) is 0 Å². The Morgan fingerprint density at radius 3 is 1.92 bits per heavy atom. The summed E-state index contributed by atoms with van der Waals surface area (Å²) in [5, 5.41) is 8.02. The lowest BCUT2D eigenvalue weighted by Gasteiger charge is -1.72. The van der Waals surface area contributed by atoms with Crippen LogP contribution < -0.4 is 0 Å². The Bertz CT molecular complexity index is 185. The van der Waals surface area contributed by atoms with Crippen molar-refractivity contribution in [3.8, 4) is 0 Å². The van der Waals surface area contributed by atoms with Gasteiger partial charge >= 0.3 is 5.97 Å². The van der Waals surface area contributed by atoms with Gasteiger partial charge in [-0.25, -0.2) is 4.79 Å². The van der Waals surface area contributed by atoms with Crippen molar-refractivity contribution in [2.24, 2.45) is 0 Å². The molecule has 0 aromatic rings. The van der Waals surface area contributed by atoms with Crippen molar-refractivity contribution < 1.29 is 19.5 Å². The first kappa shape index (κ1) is 12.9. The number of hydrogen-bond acceptors (Lipinski definition) is 3. The Morgan fingerprint density at radius 2 is 1.67 bits per heavy atom. The third-order valence-electron chi connectivity index (χ3n) is 0.598. The van der Waals surface area contributed by atoms with E-state index in [1.807, 2.05) is 6.92 Å². The molecule has 0 aliphatic carbocycles. The van der Waals surface area contributed by atoms with E-state index in [1.54, 1.807) is 12.2 Å². The predicted molar refractivity (Wildman–Crippen MR) is 43.7 cm³/mol. The number of carbonyl (C=O) groups is 3. The summed E-state index contributed by atoms with van der Waals surface area (Å²) in [4.78, 5) is 27.4. The summed E-state index contributed by atoms with van der Waals surface area (Å²) in [6.45, 7) is 1.83. The number of carboxylic acid groups (broad SMARTS) is 1. The summed E-state index contributed by atoms with van der Waals surface area (Å²) in [6, 6.07) is 0. The third-order valence-corrected chi connectivity index (χ3v) is 0.598. The van der Waals surface area contributed by atoms with Crippen molar-refractivity contribution in [3.63, 3.8) is 0 Å². The highest BCUT2D eigenvalue weighted by Gasteiger charge is 1.78. The number of carboxylic acids is 1. The molecular formula is C8H10O4. The summed E-state index contributed by atoms with van der Waals surface area (Å²) in [5.41, 5.74) is 0. The van der Waals surface area contributed by atoms with E-state index >= 15 is 0 Å². The molecule has 0 unspecified atom stereocenters. The molecule has 0 fully saturated rings. The van der Waals surface area contributed by atoms with Gasteiger partial charge in [-0.15, -0.1) is 0 Å². The molecule has 0 saturated carbocycles.